The number of amides is 1. The van der Waals surface area contributed by atoms with Gasteiger partial charge < -0.3 is 14.8 Å². The lowest BCUT2D eigenvalue weighted by Gasteiger charge is -2.13. The Morgan fingerprint density at radius 1 is 1.09 bits per heavy atom. The molecule has 0 unspecified atom stereocenters. The van der Waals surface area contributed by atoms with E-state index < -0.39 is 0 Å². The van der Waals surface area contributed by atoms with Gasteiger partial charge in [-0.05, 0) is 55.8 Å². The number of aromatic nitrogens is 4. The number of carbonyl (C=O) groups excluding carboxylic acids is 1. The van der Waals surface area contributed by atoms with Crippen LogP contribution in [0.2, 0.25) is 0 Å². The Hall–Kier alpha value is -3.79. The second-order valence-corrected chi connectivity index (χ2v) is 8.74. The van der Waals surface area contributed by atoms with Crippen LogP contribution in [0, 0.1) is 6.92 Å². The quantitative estimate of drug-likeness (QED) is 0.280. The van der Waals surface area contributed by atoms with Gasteiger partial charge >= 0.3 is 0 Å². The first-order valence-corrected chi connectivity index (χ1v) is 12.1. The second-order valence-electron chi connectivity index (χ2n) is 7.80. The smallest absolute Gasteiger partial charge is 0.280 e. The lowest BCUT2D eigenvalue weighted by molar-refractivity contribution is -0.113. The summed E-state index contributed by atoms with van der Waals surface area (Å²) in [6.07, 6.45) is 0. The highest BCUT2D eigenvalue weighted by Crippen LogP contribution is 2.23. The summed E-state index contributed by atoms with van der Waals surface area (Å²) in [6.45, 7) is 4.61. The molecule has 0 radical (unpaired) electrons. The average molecular weight is 494 g/mol. The maximum atomic E-state index is 13.6. The monoisotopic (exact) mass is 493 g/mol. The van der Waals surface area contributed by atoms with Crippen molar-refractivity contribution in [2.45, 2.75) is 32.1 Å². The lowest BCUT2D eigenvalue weighted by atomic mass is 10.2. The number of hydrogen-bond acceptors (Lipinski definition) is 7. The van der Waals surface area contributed by atoms with Gasteiger partial charge in [-0.2, -0.15) is 5.10 Å². The molecule has 0 aliphatic rings. The Balaban J connectivity index is 1.65. The van der Waals surface area contributed by atoms with Gasteiger partial charge in [0.25, 0.3) is 5.56 Å². The Morgan fingerprint density at radius 3 is 2.51 bits per heavy atom. The highest BCUT2D eigenvalue weighted by atomic mass is 32.2. The summed E-state index contributed by atoms with van der Waals surface area (Å²) >= 11 is 1.21. The van der Waals surface area contributed by atoms with Crippen molar-refractivity contribution in [1.82, 2.24) is 19.3 Å². The molecule has 2 heterocycles. The zero-order chi connectivity index (χ0) is 24.9. The van der Waals surface area contributed by atoms with Crippen LogP contribution in [0.5, 0.6) is 11.5 Å². The first-order chi connectivity index (χ1) is 16.9. The molecule has 0 bridgehead atoms. The molecule has 0 aliphatic heterocycles. The van der Waals surface area contributed by atoms with Gasteiger partial charge in [0.05, 0.1) is 32.2 Å². The Labute approximate surface area is 207 Å². The van der Waals surface area contributed by atoms with E-state index in [2.05, 4.69) is 10.4 Å². The van der Waals surface area contributed by atoms with Gasteiger partial charge in [0, 0.05) is 12.2 Å². The summed E-state index contributed by atoms with van der Waals surface area (Å²) in [5.74, 6) is 1.29. The first-order valence-electron chi connectivity index (χ1n) is 11.1. The van der Waals surface area contributed by atoms with Crippen molar-refractivity contribution in [1.29, 1.82) is 0 Å². The molecular formula is C25H27N5O4S. The van der Waals surface area contributed by atoms with E-state index in [4.69, 9.17) is 14.5 Å². The Morgan fingerprint density at radius 2 is 1.83 bits per heavy atom. The molecule has 0 atom stereocenters. The van der Waals surface area contributed by atoms with Crippen molar-refractivity contribution in [3.05, 3.63) is 70.1 Å². The Bertz CT molecular complexity index is 1410. The molecule has 4 aromatic rings. The number of carbonyl (C=O) groups is 1. The number of hydrogen-bond donors (Lipinski definition) is 1. The van der Waals surface area contributed by atoms with Crippen LogP contribution in [0.1, 0.15) is 18.2 Å². The minimum atomic E-state index is -0.205. The number of thioether (sulfide) groups is 1. The lowest BCUT2D eigenvalue weighted by Crippen LogP contribution is -2.26. The van der Waals surface area contributed by atoms with Crippen LogP contribution in [0.25, 0.3) is 11.0 Å². The van der Waals surface area contributed by atoms with Crippen molar-refractivity contribution in [3.63, 3.8) is 0 Å². The SMILES string of the molecule is CCn1nc(C)c2nc(SCC(=O)Nc3ccc(OC)cc3)n(Cc3cccc(OC)c3)c(=O)c21. The highest BCUT2D eigenvalue weighted by Gasteiger charge is 2.19. The minimum Gasteiger partial charge on any atom is -0.497 e. The fraction of sp³-hybridized carbons (Fsp3) is 0.280. The van der Waals surface area contributed by atoms with Crippen LogP contribution >= 0.6 is 11.8 Å². The average Bonchev–Trinajstić information content (AvgIpc) is 3.20. The second kappa shape index (κ2) is 10.6. The van der Waals surface area contributed by atoms with Crippen LogP contribution in [0.3, 0.4) is 0 Å². The number of fused-ring (bicyclic) bond motifs is 1. The largest absolute Gasteiger partial charge is 0.497 e. The molecule has 2 aromatic carbocycles. The molecule has 4 rings (SSSR count). The van der Waals surface area contributed by atoms with Crippen molar-refractivity contribution in [3.8, 4) is 11.5 Å². The molecule has 9 nitrogen and oxygen atoms in total. The number of ether oxygens (including phenoxy) is 2. The van der Waals surface area contributed by atoms with E-state index in [-0.39, 0.29) is 23.8 Å². The molecule has 35 heavy (non-hydrogen) atoms. The topological polar surface area (TPSA) is 100 Å². The number of nitrogens with zero attached hydrogens (tertiary/aromatic N) is 4. The standard InChI is InChI=1S/C25H27N5O4S/c1-5-30-23-22(16(2)28-30)27-25(29(24(23)32)14-17-7-6-8-20(13-17)34-4)35-15-21(31)26-18-9-11-19(33-3)12-10-18/h6-13H,5,14-15H2,1-4H3,(H,26,31). The zero-order valence-electron chi connectivity index (χ0n) is 20.1. The van der Waals surface area contributed by atoms with E-state index in [9.17, 15) is 9.59 Å². The summed E-state index contributed by atoms with van der Waals surface area (Å²) in [6, 6.07) is 14.6. The number of anilines is 1. The third-order valence-corrected chi connectivity index (χ3v) is 6.44. The predicted octanol–water partition coefficient (Wildman–Crippen LogP) is 3.72. The molecule has 10 heteroatoms. The van der Waals surface area contributed by atoms with E-state index in [0.29, 0.717) is 45.6 Å². The van der Waals surface area contributed by atoms with E-state index >= 15 is 0 Å². The van der Waals surface area contributed by atoms with Crippen LogP contribution < -0.4 is 20.3 Å². The third kappa shape index (κ3) is 5.32. The molecule has 0 saturated carbocycles. The summed E-state index contributed by atoms with van der Waals surface area (Å²) in [5, 5.41) is 7.79. The van der Waals surface area contributed by atoms with Crippen molar-refractivity contribution < 1.29 is 14.3 Å². The van der Waals surface area contributed by atoms with Gasteiger partial charge in [-0.15, -0.1) is 0 Å². The number of aryl methyl sites for hydroxylation is 2. The summed E-state index contributed by atoms with van der Waals surface area (Å²) in [4.78, 5) is 31.0. The molecule has 2 aromatic heterocycles. The maximum Gasteiger partial charge on any atom is 0.280 e. The zero-order valence-corrected chi connectivity index (χ0v) is 20.9. The van der Waals surface area contributed by atoms with Gasteiger partial charge in [0.15, 0.2) is 10.7 Å². The molecule has 0 fully saturated rings. The van der Waals surface area contributed by atoms with Crippen molar-refractivity contribution >= 4 is 34.4 Å². The molecule has 182 valence electrons. The van der Waals surface area contributed by atoms with E-state index in [1.54, 1.807) is 47.7 Å². The molecule has 0 aliphatic carbocycles. The number of methoxy groups -OCH3 is 2. The summed E-state index contributed by atoms with van der Waals surface area (Å²) < 4.78 is 13.7. The van der Waals surface area contributed by atoms with Crippen LogP contribution in [0.4, 0.5) is 5.69 Å². The minimum absolute atomic E-state index is 0.0864. The van der Waals surface area contributed by atoms with E-state index in [0.717, 1.165) is 5.56 Å². The summed E-state index contributed by atoms with van der Waals surface area (Å²) in [7, 11) is 3.19. The molecular weight excluding hydrogens is 466 g/mol. The van der Waals surface area contributed by atoms with E-state index in [1.807, 2.05) is 38.1 Å². The highest BCUT2D eigenvalue weighted by molar-refractivity contribution is 7.99. The van der Waals surface area contributed by atoms with Gasteiger partial charge in [-0.25, -0.2) is 4.98 Å². The van der Waals surface area contributed by atoms with Gasteiger partial charge in [-0.3, -0.25) is 18.8 Å². The first kappa shape index (κ1) is 24.3. The molecule has 1 amide bonds. The predicted molar refractivity (Wildman–Crippen MR) is 137 cm³/mol. The Kier molecular flexibility index (Phi) is 7.40. The van der Waals surface area contributed by atoms with E-state index in [1.165, 1.54) is 11.8 Å². The van der Waals surface area contributed by atoms with Crippen molar-refractivity contribution in [2.24, 2.45) is 0 Å². The maximum absolute atomic E-state index is 13.6. The fourth-order valence-electron chi connectivity index (χ4n) is 3.72. The normalized spacial score (nSPS) is 11.0. The van der Waals surface area contributed by atoms with Gasteiger partial charge in [0.2, 0.25) is 5.91 Å². The van der Waals surface area contributed by atoms with Crippen LogP contribution in [0.15, 0.2) is 58.5 Å². The molecule has 1 N–H and O–H groups in total. The number of benzene rings is 2. The van der Waals surface area contributed by atoms with Crippen molar-refractivity contribution in [2.75, 3.05) is 25.3 Å². The fourth-order valence-corrected chi connectivity index (χ4v) is 4.51. The summed E-state index contributed by atoms with van der Waals surface area (Å²) in [5.41, 5.74) is 3.04. The third-order valence-electron chi connectivity index (χ3n) is 5.46. The van der Waals surface area contributed by atoms with Crippen LogP contribution in [-0.2, 0) is 17.9 Å². The van der Waals surface area contributed by atoms with Gasteiger partial charge in [-0.1, -0.05) is 23.9 Å². The van der Waals surface area contributed by atoms with Gasteiger partial charge in [0.1, 0.15) is 17.0 Å². The van der Waals surface area contributed by atoms with Crippen LogP contribution in [-0.4, -0.2) is 45.2 Å². The molecule has 0 saturated heterocycles. The number of nitrogens with one attached hydrogen (secondary N) is 1. The molecule has 0 spiro atoms. The number of rotatable bonds is 9.